The lowest BCUT2D eigenvalue weighted by molar-refractivity contribution is 0.0787. The average molecular weight is 409 g/mol. The maximum absolute atomic E-state index is 12.4. The molecule has 1 N–H and O–H groups in total. The number of hydrogen-bond donors (Lipinski definition) is 1. The largest absolute Gasteiger partial charge is 0.337 e. The van der Waals surface area contributed by atoms with Gasteiger partial charge in [0.2, 0.25) is 0 Å². The van der Waals surface area contributed by atoms with Crippen LogP contribution in [-0.4, -0.2) is 34.8 Å². The van der Waals surface area contributed by atoms with E-state index in [4.69, 9.17) is 11.6 Å². The molecule has 0 bridgehead atoms. The Hall–Kier alpha value is -1.92. The highest BCUT2D eigenvalue weighted by molar-refractivity contribution is 9.10. The second kappa shape index (κ2) is 7.32. The zero-order valence-electron chi connectivity index (χ0n) is 12.8. The lowest BCUT2D eigenvalue weighted by Crippen LogP contribution is -2.29. The molecular formula is C17H15BrClN3O2. The Morgan fingerprint density at radius 1 is 1.12 bits per heavy atom. The normalized spacial score (nSPS) is 13.8. The van der Waals surface area contributed by atoms with Gasteiger partial charge in [0.05, 0.1) is 10.7 Å². The molecule has 0 radical (unpaired) electrons. The number of aromatic nitrogens is 1. The van der Waals surface area contributed by atoms with Crippen molar-refractivity contribution in [1.29, 1.82) is 0 Å². The van der Waals surface area contributed by atoms with Crippen molar-refractivity contribution in [3.05, 3.63) is 57.3 Å². The number of carbonyl (C=O) groups is 2. The molecule has 1 aliphatic rings. The highest BCUT2D eigenvalue weighted by Gasteiger charge is 2.21. The molecule has 3 rings (SSSR count). The zero-order valence-corrected chi connectivity index (χ0v) is 15.1. The van der Waals surface area contributed by atoms with E-state index in [9.17, 15) is 9.59 Å². The van der Waals surface area contributed by atoms with Gasteiger partial charge in [0, 0.05) is 17.6 Å². The van der Waals surface area contributed by atoms with Crippen LogP contribution in [0.1, 0.15) is 33.8 Å². The van der Waals surface area contributed by atoms with Gasteiger partial charge < -0.3 is 10.2 Å². The van der Waals surface area contributed by atoms with Gasteiger partial charge in [0.15, 0.2) is 0 Å². The second-order valence-electron chi connectivity index (χ2n) is 5.49. The molecule has 1 fully saturated rings. The quantitative estimate of drug-likeness (QED) is 0.835. The summed E-state index contributed by atoms with van der Waals surface area (Å²) in [6.45, 7) is 1.48. The van der Waals surface area contributed by atoms with E-state index in [1.807, 2.05) is 0 Å². The summed E-state index contributed by atoms with van der Waals surface area (Å²) in [6, 6.07) is 10.0. The van der Waals surface area contributed by atoms with Crippen LogP contribution in [0.2, 0.25) is 5.02 Å². The average Bonchev–Trinajstić information content (AvgIpc) is 3.11. The summed E-state index contributed by atoms with van der Waals surface area (Å²) in [5.74, 6) is -0.542. The van der Waals surface area contributed by atoms with Gasteiger partial charge in [0.1, 0.15) is 11.4 Å². The Morgan fingerprint density at radius 2 is 1.83 bits per heavy atom. The first-order chi connectivity index (χ1) is 11.5. The molecule has 7 heteroatoms. The van der Waals surface area contributed by atoms with Gasteiger partial charge in [-0.2, -0.15) is 0 Å². The molecular weight excluding hydrogens is 394 g/mol. The second-order valence-corrected chi connectivity index (χ2v) is 6.81. The Kier molecular flexibility index (Phi) is 5.16. The monoisotopic (exact) mass is 407 g/mol. The van der Waals surface area contributed by atoms with Crippen LogP contribution >= 0.6 is 27.5 Å². The van der Waals surface area contributed by atoms with Crippen LogP contribution in [0.15, 0.2) is 40.9 Å². The van der Waals surface area contributed by atoms with E-state index >= 15 is 0 Å². The molecule has 2 aromatic rings. The highest BCUT2D eigenvalue weighted by atomic mass is 79.9. The van der Waals surface area contributed by atoms with Gasteiger partial charge in [-0.3, -0.25) is 9.59 Å². The smallest absolute Gasteiger partial charge is 0.274 e. The third-order valence-electron chi connectivity index (χ3n) is 3.77. The number of benzene rings is 1. The minimum absolute atomic E-state index is 0.135. The van der Waals surface area contributed by atoms with Gasteiger partial charge >= 0.3 is 0 Å². The highest BCUT2D eigenvalue weighted by Crippen LogP contribution is 2.26. The van der Waals surface area contributed by atoms with Crippen LogP contribution in [0.25, 0.3) is 0 Å². The van der Waals surface area contributed by atoms with Gasteiger partial charge in [0.25, 0.3) is 11.8 Å². The molecule has 5 nitrogen and oxygen atoms in total. The molecule has 0 atom stereocenters. The van der Waals surface area contributed by atoms with E-state index in [2.05, 4.69) is 26.2 Å². The SMILES string of the molecule is O=C(Nc1ccc(Br)cc1Cl)c1cccc(C(=O)N2CCCC2)n1. The number of hydrogen-bond acceptors (Lipinski definition) is 3. The maximum atomic E-state index is 12.4. The predicted molar refractivity (Wildman–Crippen MR) is 96.5 cm³/mol. The first kappa shape index (κ1) is 16.9. The molecule has 1 saturated heterocycles. The number of rotatable bonds is 3. The Balaban J connectivity index is 1.77. The van der Waals surface area contributed by atoms with Crippen molar-refractivity contribution in [3.63, 3.8) is 0 Å². The molecule has 24 heavy (non-hydrogen) atoms. The fourth-order valence-electron chi connectivity index (χ4n) is 2.54. The van der Waals surface area contributed by atoms with Crippen molar-refractivity contribution in [2.45, 2.75) is 12.8 Å². The summed E-state index contributed by atoms with van der Waals surface area (Å²) in [4.78, 5) is 30.7. The van der Waals surface area contributed by atoms with E-state index in [0.717, 1.165) is 30.4 Å². The minimum Gasteiger partial charge on any atom is -0.337 e. The van der Waals surface area contributed by atoms with Crippen molar-refractivity contribution < 1.29 is 9.59 Å². The number of nitrogens with zero attached hydrogens (tertiary/aromatic N) is 2. The van der Waals surface area contributed by atoms with Gasteiger partial charge in [-0.25, -0.2) is 4.98 Å². The number of carbonyl (C=O) groups excluding carboxylic acids is 2. The maximum Gasteiger partial charge on any atom is 0.274 e. The first-order valence-corrected chi connectivity index (χ1v) is 8.74. The number of likely N-dealkylation sites (tertiary alicyclic amines) is 1. The molecule has 0 aliphatic carbocycles. The van der Waals surface area contributed by atoms with E-state index in [0.29, 0.717) is 10.7 Å². The Bertz CT molecular complexity index is 791. The van der Waals surface area contributed by atoms with E-state index in [-0.39, 0.29) is 17.3 Å². The molecule has 1 aromatic heterocycles. The van der Waals surface area contributed by atoms with Crippen LogP contribution in [0.5, 0.6) is 0 Å². The van der Waals surface area contributed by atoms with Gasteiger partial charge in [-0.15, -0.1) is 0 Å². The van der Waals surface area contributed by atoms with Crippen LogP contribution in [0, 0.1) is 0 Å². The number of halogens is 2. The lowest BCUT2D eigenvalue weighted by Gasteiger charge is -2.15. The van der Waals surface area contributed by atoms with E-state index in [1.54, 1.807) is 41.3 Å². The van der Waals surface area contributed by atoms with E-state index in [1.165, 1.54) is 0 Å². The first-order valence-electron chi connectivity index (χ1n) is 7.57. The molecule has 0 unspecified atom stereocenters. The summed E-state index contributed by atoms with van der Waals surface area (Å²) < 4.78 is 0.821. The predicted octanol–water partition coefficient (Wildman–Crippen LogP) is 3.99. The molecule has 1 aromatic carbocycles. The summed E-state index contributed by atoms with van der Waals surface area (Å²) in [6.07, 6.45) is 2.02. The van der Waals surface area contributed by atoms with Crippen molar-refractivity contribution in [2.24, 2.45) is 0 Å². The molecule has 124 valence electrons. The molecule has 0 saturated carbocycles. The molecule has 1 aliphatic heterocycles. The van der Waals surface area contributed by atoms with Crippen LogP contribution in [-0.2, 0) is 0 Å². The fraction of sp³-hybridized carbons (Fsp3) is 0.235. The van der Waals surface area contributed by atoms with Crippen LogP contribution in [0.3, 0.4) is 0 Å². The topological polar surface area (TPSA) is 62.3 Å². The van der Waals surface area contributed by atoms with Gasteiger partial charge in [-0.1, -0.05) is 33.6 Å². The summed E-state index contributed by atoms with van der Waals surface area (Å²) >= 11 is 9.42. The Morgan fingerprint density at radius 3 is 2.54 bits per heavy atom. The van der Waals surface area contributed by atoms with Gasteiger partial charge in [-0.05, 0) is 43.2 Å². The van der Waals surface area contributed by atoms with E-state index < -0.39 is 5.91 Å². The van der Waals surface area contributed by atoms with Crippen molar-refractivity contribution in [3.8, 4) is 0 Å². The standard InChI is InChI=1S/C17H15BrClN3O2/c18-11-6-7-13(12(19)10-11)21-16(23)14-4-3-5-15(20-14)17(24)22-8-1-2-9-22/h3-7,10H,1-2,8-9H2,(H,21,23). The molecule has 2 heterocycles. The third kappa shape index (κ3) is 3.76. The molecule has 2 amide bonds. The van der Waals surface area contributed by atoms with Crippen molar-refractivity contribution in [2.75, 3.05) is 18.4 Å². The molecule has 0 spiro atoms. The zero-order chi connectivity index (χ0) is 17.1. The fourth-order valence-corrected chi connectivity index (χ4v) is 3.26. The lowest BCUT2D eigenvalue weighted by atomic mass is 10.2. The number of nitrogens with one attached hydrogen (secondary N) is 1. The summed E-state index contributed by atoms with van der Waals surface area (Å²) in [5, 5.41) is 3.13. The number of amides is 2. The Labute approximate surface area is 153 Å². The van der Waals surface area contributed by atoms with Crippen molar-refractivity contribution in [1.82, 2.24) is 9.88 Å². The summed E-state index contributed by atoms with van der Waals surface area (Å²) in [5.41, 5.74) is 0.952. The summed E-state index contributed by atoms with van der Waals surface area (Å²) in [7, 11) is 0. The minimum atomic E-state index is -0.407. The number of anilines is 1. The van der Waals surface area contributed by atoms with Crippen LogP contribution < -0.4 is 5.32 Å². The van der Waals surface area contributed by atoms with Crippen molar-refractivity contribution >= 4 is 45.0 Å². The van der Waals surface area contributed by atoms with Crippen LogP contribution in [0.4, 0.5) is 5.69 Å². The third-order valence-corrected chi connectivity index (χ3v) is 4.58. The number of pyridine rings is 1.